The van der Waals surface area contributed by atoms with E-state index in [1.165, 1.54) is 0 Å². The lowest BCUT2D eigenvalue weighted by Crippen LogP contribution is -2.04. The van der Waals surface area contributed by atoms with Crippen molar-refractivity contribution in [3.05, 3.63) is 47.6 Å². The monoisotopic (exact) mass is 189 g/mol. The summed E-state index contributed by atoms with van der Waals surface area (Å²) in [5.74, 6) is 2.09. The van der Waals surface area contributed by atoms with Crippen molar-refractivity contribution in [2.24, 2.45) is 5.73 Å². The molecule has 2 aliphatic carbocycles. The van der Waals surface area contributed by atoms with Crippen LogP contribution in [0.3, 0.4) is 0 Å². The second kappa shape index (κ2) is 4.18. The van der Waals surface area contributed by atoms with Crippen molar-refractivity contribution in [1.82, 2.24) is 0 Å². The molecule has 14 heavy (non-hydrogen) atoms. The molecule has 2 rings (SSSR count). The highest BCUT2D eigenvalue weighted by Crippen LogP contribution is 2.22. The van der Waals surface area contributed by atoms with Gasteiger partial charge in [-0.3, -0.25) is 0 Å². The van der Waals surface area contributed by atoms with Gasteiger partial charge in [0.15, 0.2) is 0 Å². The fraction of sp³-hybridized carbons (Fsp3) is 0.333. The van der Waals surface area contributed by atoms with Crippen molar-refractivity contribution in [1.29, 1.82) is 0 Å². The summed E-state index contributed by atoms with van der Waals surface area (Å²) in [7, 11) is 0. The van der Waals surface area contributed by atoms with Crippen molar-refractivity contribution in [3.8, 4) is 0 Å². The molecule has 0 radical (unpaired) electrons. The van der Waals surface area contributed by atoms with E-state index in [2.05, 4.69) is 6.08 Å². The van der Waals surface area contributed by atoms with Crippen LogP contribution in [-0.2, 0) is 4.74 Å². The van der Waals surface area contributed by atoms with Gasteiger partial charge in [0.05, 0.1) is 0 Å². The molecule has 0 atom stereocenters. The van der Waals surface area contributed by atoms with Crippen molar-refractivity contribution >= 4 is 0 Å². The van der Waals surface area contributed by atoms with Crippen LogP contribution >= 0.6 is 0 Å². The van der Waals surface area contributed by atoms with Crippen molar-refractivity contribution in [2.45, 2.75) is 25.7 Å². The SMILES string of the molecule is NC1=CC=C(OC2=CC=CCC2)CC1. The zero-order chi connectivity index (χ0) is 9.80. The minimum atomic E-state index is 0.912. The lowest BCUT2D eigenvalue weighted by Gasteiger charge is -2.16. The number of allylic oxidation sites excluding steroid dienone is 8. The standard InChI is InChI=1S/C12H15NO/c13-10-6-8-12(9-7-10)14-11-4-2-1-3-5-11/h1-2,4,6,8H,3,5,7,9,13H2. The Balaban J connectivity index is 1.98. The van der Waals surface area contributed by atoms with Crippen LogP contribution in [0.5, 0.6) is 0 Å². The van der Waals surface area contributed by atoms with Crippen LogP contribution in [0.15, 0.2) is 47.6 Å². The van der Waals surface area contributed by atoms with Gasteiger partial charge in [0, 0.05) is 18.5 Å². The molecule has 0 aromatic carbocycles. The van der Waals surface area contributed by atoms with Gasteiger partial charge in [0.1, 0.15) is 11.5 Å². The average molecular weight is 189 g/mol. The molecule has 0 aromatic rings. The van der Waals surface area contributed by atoms with Crippen molar-refractivity contribution < 1.29 is 4.74 Å². The van der Waals surface area contributed by atoms with Gasteiger partial charge in [0.2, 0.25) is 0 Å². The summed E-state index contributed by atoms with van der Waals surface area (Å²) in [4.78, 5) is 0. The first-order valence-corrected chi connectivity index (χ1v) is 5.03. The minimum Gasteiger partial charge on any atom is -0.466 e. The van der Waals surface area contributed by atoms with E-state index in [-0.39, 0.29) is 0 Å². The van der Waals surface area contributed by atoms with Crippen molar-refractivity contribution in [3.63, 3.8) is 0 Å². The second-order valence-electron chi connectivity index (χ2n) is 3.58. The summed E-state index contributed by atoms with van der Waals surface area (Å²) in [6, 6.07) is 0. The normalized spacial score (nSPS) is 21.0. The molecule has 0 bridgehead atoms. The molecule has 0 aliphatic heterocycles. The Morgan fingerprint density at radius 1 is 1.00 bits per heavy atom. The molecule has 0 fully saturated rings. The fourth-order valence-corrected chi connectivity index (χ4v) is 1.55. The number of ether oxygens (including phenoxy) is 1. The Labute approximate surface area is 84.4 Å². The Morgan fingerprint density at radius 2 is 1.86 bits per heavy atom. The van der Waals surface area contributed by atoms with Gasteiger partial charge in [-0.15, -0.1) is 0 Å². The van der Waals surface area contributed by atoms with E-state index in [4.69, 9.17) is 10.5 Å². The van der Waals surface area contributed by atoms with Crippen LogP contribution in [0.4, 0.5) is 0 Å². The number of hydrogen-bond acceptors (Lipinski definition) is 2. The third-order valence-electron chi connectivity index (χ3n) is 2.38. The first-order valence-electron chi connectivity index (χ1n) is 5.03. The first-order chi connectivity index (χ1) is 6.84. The second-order valence-corrected chi connectivity index (χ2v) is 3.58. The van der Waals surface area contributed by atoms with Gasteiger partial charge >= 0.3 is 0 Å². The van der Waals surface area contributed by atoms with E-state index in [9.17, 15) is 0 Å². The Kier molecular flexibility index (Phi) is 2.73. The summed E-state index contributed by atoms with van der Waals surface area (Å²) in [6.07, 6.45) is 14.1. The van der Waals surface area contributed by atoms with E-state index >= 15 is 0 Å². The summed E-state index contributed by atoms with van der Waals surface area (Å²) in [6.45, 7) is 0. The van der Waals surface area contributed by atoms with Crippen LogP contribution in [0.1, 0.15) is 25.7 Å². The Morgan fingerprint density at radius 3 is 2.50 bits per heavy atom. The average Bonchev–Trinajstić information content (AvgIpc) is 2.23. The molecule has 0 saturated heterocycles. The van der Waals surface area contributed by atoms with E-state index in [1.54, 1.807) is 0 Å². The van der Waals surface area contributed by atoms with E-state index < -0.39 is 0 Å². The van der Waals surface area contributed by atoms with Crippen LogP contribution in [0.2, 0.25) is 0 Å². The summed E-state index contributed by atoms with van der Waals surface area (Å²) < 4.78 is 5.75. The molecule has 0 unspecified atom stereocenters. The van der Waals surface area contributed by atoms with Crippen LogP contribution in [0, 0.1) is 0 Å². The molecule has 2 aliphatic rings. The number of nitrogens with two attached hydrogens (primary N) is 1. The Bertz CT molecular complexity index is 334. The van der Waals surface area contributed by atoms with E-state index in [1.807, 2.05) is 24.3 Å². The van der Waals surface area contributed by atoms with Gasteiger partial charge in [-0.2, -0.15) is 0 Å². The van der Waals surface area contributed by atoms with Crippen LogP contribution < -0.4 is 5.73 Å². The van der Waals surface area contributed by atoms with Gasteiger partial charge in [-0.25, -0.2) is 0 Å². The van der Waals surface area contributed by atoms with Gasteiger partial charge in [-0.05, 0) is 31.1 Å². The predicted octanol–water partition coefficient (Wildman–Crippen LogP) is 2.76. The molecular formula is C12H15NO. The highest BCUT2D eigenvalue weighted by Gasteiger charge is 2.08. The largest absolute Gasteiger partial charge is 0.466 e. The molecule has 2 heteroatoms. The highest BCUT2D eigenvalue weighted by molar-refractivity contribution is 5.21. The lowest BCUT2D eigenvalue weighted by molar-refractivity contribution is 0.275. The third-order valence-corrected chi connectivity index (χ3v) is 2.38. The molecule has 0 spiro atoms. The van der Waals surface area contributed by atoms with E-state index in [0.29, 0.717) is 0 Å². The van der Waals surface area contributed by atoms with Crippen LogP contribution in [0.25, 0.3) is 0 Å². The lowest BCUT2D eigenvalue weighted by atomic mass is 10.1. The van der Waals surface area contributed by atoms with Gasteiger partial charge in [-0.1, -0.05) is 12.2 Å². The van der Waals surface area contributed by atoms with E-state index in [0.717, 1.165) is 42.9 Å². The molecule has 0 saturated carbocycles. The topological polar surface area (TPSA) is 35.2 Å². The quantitative estimate of drug-likeness (QED) is 0.725. The molecule has 74 valence electrons. The molecule has 0 amide bonds. The van der Waals surface area contributed by atoms with Crippen molar-refractivity contribution in [2.75, 3.05) is 0 Å². The summed E-state index contributed by atoms with van der Waals surface area (Å²) in [5.41, 5.74) is 6.60. The smallest absolute Gasteiger partial charge is 0.104 e. The third kappa shape index (κ3) is 2.28. The maximum atomic E-state index is 5.75. The fourth-order valence-electron chi connectivity index (χ4n) is 1.55. The van der Waals surface area contributed by atoms with Gasteiger partial charge < -0.3 is 10.5 Å². The summed E-state index contributed by atoms with van der Waals surface area (Å²) in [5, 5.41) is 0. The first kappa shape index (κ1) is 9.13. The highest BCUT2D eigenvalue weighted by atomic mass is 16.5. The summed E-state index contributed by atoms with van der Waals surface area (Å²) >= 11 is 0. The number of rotatable bonds is 2. The predicted molar refractivity (Wildman–Crippen MR) is 57.1 cm³/mol. The molecule has 0 heterocycles. The maximum Gasteiger partial charge on any atom is 0.104 e. The zero-order valence-electron chi connectivity index (χ0n) is 8.20. The minimum absolute atomic E-state index is 0.912. The molecule has 2 nitrogen and oxygen atoms in total. The van der Waals surface area contributed by atoms with Crippen LogP contribution in [-0.4, -0.2) is 0 Å². The molecular weight excluding hydrogens is 174 g/mol. The zero-order valence-corrected chi connectivity index (χ0v) is 8.20. The van der Waals surface area contributed by atoms with Gasteiger partial charge in [0.25, 0.3) is 0 Å². The maximum absolute atomic E-state index is 5.75. The number of hydrogen-bond donors (Lipinski definition) is 1. The molecule has 2 N–H and O–H groups in total. The molecule has 0 aromatic heterocycles. The Hall–Kier alpha value is -1.44.